The van der Waals surface area contributed by atoms with E-state index >= 15 is 0 Å². The molecule has 0 aliphatic carbocycles. The lowest BCUT2D eigenvalue weighted by Gasteiger charge is -2.09. The second kappa shape index (κ2) is 25.4. The lowest BCUT2D eigenvalue weighted by Crippen LogP contribution is -2.12. The van der Waals surface area contributed by atoms with Gasteiger partial charge in [0.15, 0.2) is 0 Å². The van der Waals surface area contributed by atoms with Crippen LogP contribution in [0.1, 0.15) is 41.5 Å². The maximum atomic E-state index is 12.3. The number of anilines is 2. The Labute approximate surface area is 302 Å². The number of hydrogen-bond donors (Lipinski definition) is 4. The van der Waals surface area contributed by atoms with Crippen LogP contribution in [0, 0.1) is 0 Å². The first-order chi connectivity index (χ1) is 24.3. The highest BCUT2D eigenvalue weighted by atomic mass is 79.9. The van der Waals surface area contributed by atoms with E-state index in [4.69, 9.17) is 33.9 Å². The molecule has 0 atom stereocenters. The molecule has 270 valence electrons. The molecule has 0 saturated heterocycles. The summed E-state index contributed by atoms with van der Waals surface area (Å²) in [5, 5.41) is 24.7. The van der Waals surface area contributed by atoms with Crippen molar-refractivity contribution < 1.29 is 43.5 Å². The van der Waals surface area contributed by atoms with Gasteiger partial charge in [0.2, 0.25) is 0 Å². The van der Waals surface area contributed by atoms with E-state index in [2.05, 4.69) is 26.6 Å². The van der Waals surface area contributed by atoms with E-state index in [0.717, 1.165) is 24.3 Å². The van der Waals surface area contributed by atoms with Gasteiger partial charge in [-0.3, -0.25) is 9.59 Å². The zero-order valence-electron chi connectivity index (χ0n) is 28.7. The zero-order chi connectivity index (χ0) is 36.4. The van der Waals surface area contributed by atoms with E-state index in [1.54, 1.807) is 48.5 Å². The first-order valence-corrected chi connectivity index (χ1v) is 17.4. The fraction of sp³-hybridized carbons (Fsp3) is 0.316. The van der Waals surface area contributed by atoms with Crippen LogP contribution in [0.2, 0.25) is 0 Å². The highest BCUT2D eigenvalue weighted by Gasteiger charge is 2.08. The van der Waals surface area contributed by atoms with Crippen LogP contribution in [0.3, 0.4) is 0 Å². The Bertz CT molecular complexity index is 1480. The minimum Gasteiger partial charge on any atom is -0.508 e. The van der Waals surface area contributed by atoms with Crippen molar-refractivity contribution in [2.24, 2.45) is 0 Å². The smallest absolute Gasteiger partial charge is 0.255 e. The number of carbonyl (C=O) groups is 2. The molecule has 4 N–H and O–H groups in total. The number of aromatic hydroxyl groups is 2. The van der Waals surface area contributed by atoms with E-state index < -0.39 is 0 Å². The zero-order valence-corrected chi connectivity index (χ0v) is 30.3. The predicted molar refractivity (Wildman–Crippen MR) is 199 cm³/mol. The van der Waals surface area contributed by atoms with Crippen LogP contribution < -0.4 is 20.1 Å². The number of hydrogen-bond acceptors (Lipinski definition) is 9. The van der Waals surface area contributed by atoms with Gasteiger partial charge in [-0.1, -0.05) is 15.9 Å². The normalized spacial score (nSPS) is 10.1. The van der Waals surface area contributed by atoms with Crippen LogP contribution >= 0.6 is 15.9 Å². The SMILES string of the molecule is CCOCCBr.CCOCCOc1ccc(NC(=O)c2ccc(OCCOCC)cc2)cc1.O=C(Nc1ccc(O)cc1)c1ccc(O)cc1. The molecular formula is C38H47BrN2O9. The van der Waals surface area contributed by atoms with E-state index in [1.165, 1.54) is 36.4 Å². The number of rotatable bonds is 17. The average Bonchev–Trinajstić information content (AvgIpc) is 3.14. The third-order valence-corrected chi connectivity index (χ3v) is 6.63. The predicted octanol–water partition coefficient (Wildman–Crippen LogP) is 7.54. The molecule has 0 aromatic heterocycles. The molecule has 2 amide bonds. The fourth-order valence-corrected chi connectivity index (χ4v) is 4.05. The Morgan fingerprint density at radius 3 is 1.24 bits per heavy atom. The molecule has 4 aromatic carbocycles. The summed E-state index contributed by atoms with van der Waals surface area (Å²) in [4.78, 5) is 24.1. The van der Waals surface area contributed by atoms with Crippen LogP contribution in [0.15, 0.2) is 97.1 Å². The van der Waals surface area contributed by atoms with Crippen molar-refractivity contribution in [2.75, 3.05) is 68.8 Å². The molecule has 50 heavy (non-hydrogen) atoms. The lowest BCUT2D eigenvalue weighted by molar-refractivity contribution is 0.101. The third-order valence-electron chi connectivity index (χ3n) is 6.31. The Balaban J connectivity index is 0.000000319. The molecular weight excluding hydrogens is 708 g/mol. The molecule has 0 aliphatic heterocycles. The molecule has 0 radical (unpaired) electrons. The van der Waals surface area contributed by atoms with Crippen molar-refractivity contribution in [3.05, 3.63) is 108 Å². The molecule has 0 saturated carbocycles. The van der Waals surface area contributed by atoms with Crippen LogP contribution in [0.5, 0.6) is 23.0 Å². The van der Waals surface area contributed by atoms with Gasteiger partial charge in [0, 0.05) is 47.7 Å². The van der Waals surface area contributed by atoms with Gasteiger partial charge in [0.05, 0.1) is 19.8 Å². The molecule has 11 nitrogen and oxygen atoms in total. The summed E-state index contributed by atoms with van der Waals surface area (Å²) >= 11 is 3.23. The minimum atomic E-state index is -0.268. The summed E-state index contributed by atoms with van der Waals surface area (Å²) in [6.07, 6.45) is 0. The molecule has 0 unspecified atom stereocenters. The van der Waals surface area contributed by atoms with E-state index in [1.807, 2.05) is 32.9 Å². The summed E-state index contributed by atoms with van der Waals surface area (Å²) < 4.78 is 26.5. The second-order valence-electron chi connectivity index (χ2n) is 10.0. The average molecular weight is 756 g/mol. The summed E-state index contributed by atoms with van der Waals surface area (Å²) in [5.74, 6) is 1.26. The topological polar surface area (TPSA) is 145 Å². The number of amides is 2. The molecule has 4 aromatic rings. The Morgan fingerprint density at radius 1 is 0.520 bits per heavy atom. The highest BCUT2D eigenvalue weighted by Crippen LogP contribution is 2.18. The molecule has 4 rings (SSSR count). The van der Waals surface area contributed by atoms with Gasteiger partial charge in [0.1, 0.15) is 36.2 Å². The maximum absolute atomic E-state index is 12.3. The van der Waals surface area contributed by atoms with Gasteiger partial charge in [-0.25, -0.2) is 0 Å². The van der Waals surface area contributed by atoms with Crippen molar-refractivity contribution in [3.63, 3.8) is 0 Å². The van der Waals surface area contributed by atoms with Crippen molar-refractivity contribution in [2.45, 2.75) is 20.8 Å². The number of nitrogens with one attached hydrogen (secondary N) is 2. The summed E-state index contributed by atoms with van der Waals surface area (Å²) in [5.41, 5.74) is 2.31. The summed E-state index contributed by atoms with van der Waals surface area (Å²) in [6, 6.07) is 26.4. The number of carbonyl (C=O) groups excluding carboxylic acids is 2. The number of benzene rings is 4. The third kappa shape index (κ3) is 17.7. The van der Waals surface area contributed by atoms with Crippen LogP contribution in [-0.2, 0) is 14.2 Å². The largest absolute Gasteiger partial charge is 0.508 e. The Morgan fingerprint density at radius 2 is 0.860 bits per heavy atom. The van der Waals surface area contributed by atoms with Gasteiger partial charge in [-0.2, -0.15) is 0 Å². The van der Waals surface area contributed by atoms with Gasteiger partial charge < -0.3 is 44.5 Å². The van der Waals surface area contributed by atoms with Crippen LogP contribution in [0.4, 0.5) is 11.4 Å². The first kappa shape index (κ1) is 41.6. The standard InChI is InChI=1S/C21H27NO5.C13H11NO3.C4H9BrO/c1-3-24-13-15-26-19-9-5-17(6-10-19)21(23)22-18-7-11-20(12-8-18)27-16-14-25-4-2;15-11-5-1-9(2-6-11)13(17)14-10-3-7-12(16)8-4-10;1-2-6-4-3-5/h5-12H,3-4,13-16H2,1-2H3,(H,22,23);1-8,15-16H,(H,14,17);2-4H2,1H3. The summed E-state index contributed by atoms with van der Waals surface area (Å²) in [6.45, 7) is 11.0. The van der Waals surface area contributed by atoms with Gasteiger partial charge in [0.25, 0.3) is 11.8 Å². The lowest BCUT2D eigenvalue weighted by atomic mass is 10.2. The van der Waals surface area contributed by atoms with Crippen molar-refractivity contribution in [1.29, 1.82) is 0 Å². The quantitative estimate of drug-likeness (QED) is 0.0488. The number of phenols is 2. The van der Waals surface area contributed by atoms with Crippen molar-refractivity contribution in [3.8, 4) is 23.0 Å². The van der Waals surface area contributed by atoms with E-state index in [0.29, 0.717) is 67.9 Å². The molecule has 0 heterocycles. The van der Waals surface area contributed by atoms with Crippen molar-refractivity contribution >= 4 is 39.1 Å². The molecule has 0 fully saturated rings. The van der Waals surface area contributed by atoms with Gasteiger partial charge in [-0.05, 0) is 118 Å². The maximum Gasteiger partial charge on any atom is 0.255 e. The number of alkyl halides is 1. The Hall–Kier alpha value is -4.62. The fourth-order valence-electron chi connectivity index (χ4n) is 3.83. The monoisotopic (exact) mass is 754 g/mol. The molecule has 0 aliphatic rings. The number of phenolic OH excluding ortho intramolecular Hbond substituents is 2. The Kier molecular flexibility index (Phi) is 21.1. The molecule has 0 spiro atoms. The molecule has 0 bridgehead atoms. The first-order valence-electron chi connectivity index (χ1n) is 16.2. The van der Waals surface area contributed by atoms with Crippen LogP contribution in [0.25, 0.3) is 0 Å². The second-order valence-corrected chi connectivity index (χ2v) is 10.8. The van der Waals surface area contributed by atoms with Crippen LogP contribution in [-0.4, -0.2) is 80.2 Å². The van der Waals surface area contributed by atoms with Gasteiger partial charge >= 0.3 is 0 Å². The van der Waals surface area contributed by atoms with Crippen molar-refractivity contribution in [1.82, 2.24) is 0 Å². The van der Waals surface area contributed by atoms with E-state index in [9.17, 15) is 9.59 Å². The number of ether oxygens (including phenoxy) is 5. The summed E-state index contributed by atoms with van der Waals surface area (Å²) in [7, 11) is 0. The minimum absolute atomic E-state index is 0.117. The number of halogens is 1. The van der Waals surface area contributed by atoms with Gasteiger partial charge in [-0.15, -0.1) is 0 Å². The highest BCUT2D eigenvalue weighted by molar-refractivity contribution is 9.09. The molecule has 12 heteroatoms. The van der Waals surface area contributed by atoms with E-state index in [-0.39, 0.29) is 23.3 Å².